The molecule has 2 heterocycles. The van der Waals surface area contributed by atoms with Gasteiger partial charge in [0.05, 0.1) is 0 Å². The van der Waals surface area contributed by atoms with Crippen molar-refractivity contribution >= 4 is 40.2 Å². The van der Waals surface area contributed by atoms with Gasteiger partial charge in [0.15, 0.2) is 0 Å². The fourth-order valence-corrected chi connectivity index (χ4v) is 3.68. The maximum Gasteiger partial charge on any atom is 0.0494 e. The van der Waals surface area contributed by atoms with Gasteiger partial charge < -0.3 is 4.90 Å². The predicted octanol–water partition coefficient (Wildman–Crippen LogP) is 4.70. The first-order valence-corrected chi connectivity index (χ1v) is 7.71. The third-order valence-electron chi connectivity index (χ3n) is 3.34. The maximum absolute atomic E-state index is 6.10. The zero-order valence-corrected chi connectivity index (χ0v) is 12.2. The van der Waals surface area contributed by atoms with E-state index in [0.29, 0.717) is 5.88 Å². The summed E-state index contributed by atoms with van der Waals surface area (Å²) < 4.78 is 0. The molecule has 0 atom stereocenters. The van der Waals surface area contributed by atoms with Gasteiger partial charge in [0.25, 0.3) is 0 Å². The molecule has 0 spiro atoms. The summed E-state index contributed by atoms with van der Waals surface area (Å²) in [4.78, 5) is 3.89. The first-order valence-electron chi connectivity index (χ1n) is 5.92. The molecule has 0 fully saturated rings. The Morgan fingerprint density at radius 2 is 2.17 bits per heavy atom. The number of anilines is 1. The fourth-order valence-electron chi connectivity index (χ4n) is 2.40. The van der Waals surface area contributed by atoms with Gasteiger partial charge in [0.2, 0.25) is 0 Å². The van der Waals surface area contributed by atoms with Gasteiger partial charge in [-0.2, -0.15) is 0 Å². The number of rotatable bonds is 2. The molecule has 1 aliphatic rings. The van der Waals surface area contributed by atoms with E-state index in [1.54, 1.807) is 0 Å². The minimum absolute atomic E-state index is 0.527. The highest BCUT2D eigenvalue weighted by Gasteiger charge is 2.19. The SMILES string of the molecule is ClCc1ccc(Cl)cc1N1CCc2sccc2C1. The standard InChI is InChI=1S/C14H13Cl2NS/c15-8-10-1-2-12(16)7-13(10)17-5-3-14-11(9-17)4-6-18-14/h1-2,4,6-7H,3,5,8-9H2. The van der Waals surface area contributed by atoms with Crippen molar-refractivity contribution in [3.05, 3.63) is 50.7 Å². The zero-order chi connectivity index (χ0) is 12.5. The molecular weight excluding hydrogens is 285 g/mol. The summed E-state index contributed by atoms with van der Waals surface area (Å²) in [5.41, 5.74) is 3.76. The number of fused-ring (bicyclic) bond motifs is 1. The van der Waals surface area contributed by atoms with Gasteiger partial charge in [-0.15, -0.1) is 22.9 Å². The minimum Gasteiger partial charge on any atom is -0.366 e. The summed E-state index contributed by atoms with van der Waals surface area (Å²) in [6, 6.07) is 8.17. The van der Waals surface area contributed by atoms with Crippen molar-refractivity contribution in [3.8, 4) is 0 Å². The number of benzene rings is 1. The van der Waals surface area contributed by atoms with Crippen molar-refractivity contribution in [2.75, 3.05) is 11.4 Å². The summed E-state index contributed by atoms with van der Waals surface area (Å²) in [5.74, 6) is 0.527. The zero-order valence-electron chi connectivity index (χ0n) is 9.83. The van der Waals surface area contributed by atoms with Crippen LogP contribution in [0.2, 0.25) is 5.02 Å². The lowest BCUT2D eigenvalue weighted by Crippen LogP contribution is -2.30. The molecule has 0 N–H and O–H groups in total. The molecule has 1 aliphatic heterocycles. The number of nitrogens with zero attached hydrogens (tertiary/aromatic N) is 1. The van der Waals surface area contributed by atoms with Crippen LogP contribution < -0.4 is 4.90 Å². The summed E-state index contributed by atoms with van der Waals surface area (Å²) in [7, 11) is 0. The molecule has 0 radical (unpaired) electrons. The Balaban J connectivity index is 1.94. The van der Waals surface area contributed by atoms with Crippen LogP contribution in [0, 0.1) is 0 Å². The number of hydrogen-bond acceptors (Lipinski definition) is 2. The Bertz CT molecular complexity index is 565. The molecule has 94 valence electrons. The highest BCUT2D eigenvalue weighted by atomic mass is 35.5. The van der Waals surface area contributed by atoms with E-state index in [4.69, 9.17) is 23.2 Å². The van der Waals surface area contributed by atoms with Crippen LogP contribution in [0.5, 0.6) is 0 Å². The van der Waals surface area contributed by atoms with Crippen LogP contribution in [0.3, 0.4) is 0 Å². The molecule has 0 amide bonds. The van der Waals surface area contributed by atoms with Crippen LogP contribution in [0.1, 0.15) is 16.0 Å². The van der Waals surface area contributed by atoms with Crippen LogP contribution in [0.15, 0.2) is 29.6 Å². The molecule has 0 saturated heterocycles. The normalized spacial score (nSPS) is 14.7. The molecule has 4 heteroatoms. The number of halogens is 2. The van der Waals surface area contributed by atoms with Gasteiger partial charge in [0.1, 0.15) is 0 Å². The van der Waals surface area contributed by atoms with E-state index in [-0.39, 0.29) is 0 Å². The molecule has 18 heavy (non-hydrogen) atoms. The Kier molecular flexibility index (Phi) is 3.51. The second-order valence-electron chi connectivity index (χ2n) is 4.45. The van der Waals surface area contributed by atoms with E-state index in [2.05, 4.69) is 16.3 Å². The number of hydrogen-bond donors (Lipinski definition) is 0. The van der Waals surface area contributed by atoms with Crippen molar-refractivity contribution in [3.63, 3.8) is 0 Å². The highest BCUT2D eigenvalue weighted by Crippen LogP contribution is 2.32. The predicted molar refractivity (Wildman–Crippen MR) is 80.1 cm³/mol. The van der Waals surface area contributed by atoms with E-state index < -0.39 is 0 Å². The smallest absolute Gasteiger partial charge is 0.0494 e. The number of thiophene rings is 1. The third kappa shape index (κ3) is 2.25. The summed E-state index contributed by atoms with van der Waals surface area (Å²) in [6.07, 6.45) is 1.11. The highest BCUT2D eigenvalue weighted by molar-refractivity contribution is 7.10. The van der Waals surface area contributed by atoms with Crippen LogP contribution in [0.25, 0.3) is 0 Å². The average Bonchev–Trinajstić information content (AvgIpc) is 2.85. The first kappa shape index (κ1) is 12.3. The molecule has 3 rings (SSSR count). The summed E-state index contributed by atoms with van der Waals surface area (Å²) >= 11 is 14.0. The number of alkyl halides is 1. The molecule has 0 unspecified atom stereocenters. The Hall–Kier alpha value is -0.700. The molecule has 1 aromatic carbocycles. The molecule has 0 aliphatic carbocycles. The van der Waals surface area contributed by atoms with Crippen molar-refractivity contribution in [1.82, 2.24) is 0 Å². The van der Waals surface area contributed by atoms with Crippen molar-refractivity contribution < 1.29 is 0 Å². The van der Waals surface area contributed by atoms with Crippen LogP contribution in [-0.4, -0.2) is 6.54 Å². The minimum atomic E-state index is 0.527. The molecule has 0 saturated carbocycles. The van der Waals surface area contributed by atoms with Gasteiger partial charge in [-0.1, -0.05) is 17.7 Å². The lowest BCUT2D eigenvalue weighted by Gasteiger charge is -2.30. The average molecular weight is 298 g/mol. The lowest BCUT2D eigenvalue weighted by atomic mass is 10.1. The van der Waals surface area contributed by atoms with E-state index in [1.165, 1.54) is 16.1 Å². The molecule has 2 aromatic rings. The summed E-state index contributed by atoms with van der Waals surface area (Å²) in [6.45, 7) is 2.00. The molecular formula is C14H13Cl2NS. The third-order valence-corrected chi connectivity index (χ3v) is 4.89. The van der Waals surface area contributed by atoms with Gasteiger partial charge in [-0.3, -0.25) is 0 Å². The van der Waals surface area contributed by atoms with E-state index in [0.717, 1.165) is 30.1 Å². The monoisotopic (exact) mass is 297 g/mol. The van der Waals surface area contributed by atoms with Gasteiger partial charge in [-0.05, 0) is 41.1 Å². The largest absolute Gasteiger partial charge is 0.366 e. The topological polar surface area (TPSA) is 3.24 Å². The Morgan fingerprint density at radius 3 is 3.00 bits per heavy atom. The molecule has 1 nitrogen and oxygen atoms in total. The molecule has 0 bridgehead atoms. The fraction of sp³-hybridized carbons (Fsp3) is 0.286. The van der Waals surface area contributed by atoms with E-state index in [1.807, 2.05) is 29.5 Å². The van der Waals surface area contributed by atoms with Crippen molar-refractivity contribution in [2.45, 2.75) is 18.8 Å². The van der Waals surface area contributed by atoms with Crippen LogP contribution >= 0.6 is 34.5 Å². The second-order valence-corrected chi connectivity index (χ2v) is 6.15. The quantitative estimate of drug-likeness (QED) is 0.726. The van der Waals surface area contributed by atoms with Crippen LogP contribution in [-0.2, 0) is 18.8 Å². The van der Waals surface area contributed by atoms with E-state index >= 15 is 0 Å². The van der Waals surface area contributed by atoms with Crippen molar-refractivity contribution in [1.29, 1.82) is 0 Å². The van der Waals surface area contributed by atoms with Gasteiger partial charge in [0, 0.05) is 34.6 Å². The Morgan fingerprint density at radius 1 is 1.28 bits per heavy atom. The van der Waals surface area contributed by atoms with Gasteiger partial charge in [-0.25, -0.2) is 0 Å². The van der Waals surface area contributed by atoms with Gasteiger partial charge >= 0.3 is 0 Å². The second kappa shape index (κ2) is 5.12. The Labute approximate surface area is 121 Å². The van der Waals surface area contributed by atoms with E-state index in [9.17, 15) is 0 Å². The first-order chi connectivity index (χ1) is 8.78. The van der Waals surface area contributed by atoms with Crippen LogP contribution in [0.4, 0.5) is 5.69 Å². The van der Waals surface area contributed by atoms with Crippen molar-refractivity contribution in [2.24, 2.45) is 0 Å². The lowest BCUT2D eigenvalue weighted by molar-refractivity contribution is 0.741. The summed E-state index contributed by atoms with van der Waals surface area (Å²) in [5, 5.41) is 2.95. The molecule has 1 aromatic heterocycles. The maximum atomic E-state index is 6.10.